The molecule has 5 heteroatoms. The van der Waals surface area contributed by atoms with Gasteiger partial charge in [-0.1, -0.05) is 24.3 Å². The molecule has 0 aliphatic rings. The molecule has 0 radical (unpaired) electrons. The molecule has 0 aliphatic carbocycles. The van der Waals surface area contributed by atoms with E-state index in [4.69, 9.17) is 4.74 Å². The Morgan fingerprint density at radius 2 is 2.11 bits per heavy atom. The van der Waals surface area contributed by atoms with Gasteiger partial charge in [-0.2, -0.15) is 0 Å². The van der Waals surface area contributed by atoms with Gasteiger partial charge < -0.3 is 4.74 Å². The third kappa shape index (κ3) is 4.52. The Balaban J connectivity index is 3.10. The van der Waals surface area contributed by atoms with Gasteiger partial charge in [-0.15, -0.1) is 6.58 Å². The second-order valence-corrected chi connectivity index (χ2v) is 6.30. The summed E-state index contributed by atoms with van der Waals surface area (Å²) >= 11 is 0. The zero-order chi connectivity index (χ0) is 14.3. The minimum atomic E-state index is -2.62. The van der Waals surface area contributed by atoms with Crippen molar-refractivity contribution in [1.29, 1.82) is 0 Å². The lowest BCUT2D eigenvalue weighted by atomic mass is 10.2. The largest absolute Gasteiger partial charge is 0.464 e. The Morgan fingerprint density at radius 1 is 1.47 bits per heavy atom. The number of rotatable bonds is 6. The molecule has 0 saturated heterocycles. The fourth-order valence-corrected chi connectivity index (χ4v) is 3.00. The molecule has 0 fully saturated rings. The summed E-state index contributed by atoms with van der Waals surface area (Å²) in [6.07, 6.45) is 3.42. The first-order chi connectivity index (χ1) is 9.01. The lowest BCUT2D eigenvalue weighted by Gasteiger charge is -2.12. The molecule has 0 aliphatic heterocycles. The molecule has 0 aromatic heterocycles. The van der Waals surface area contributed by atoms with Gasteiger partial charge in [-0.25, -0.2) is 13.4 Å². The Labute approximate surface area is 114 Å². The van der Waals surface area contributed by atoms with Crippen LogP contribution in [0.4, 0.5) is 0 Å². The molecule has 1 aromatic carbocycles. The summed E-state index contributed by atoms with van der Waals surface area (Å²) in [6, 6.07) is 8.13. The summed E-state index contributed by atoms with van der Waals surface area (Å²) < 4.78 is 21.7. The molecular formula is C14H19NO3S. The summed E-state index contributed by atoms with van der Waals surface area (Å²) in [5.41, 5.74) is 0. The lowest BCUT2D eigenvalue weighted by Crippen LogP contribution is -2.22. The molecule has 0 bridgehead atoms. The number of carbonyl (C=O) groups excluding carboxylic acids is 1. The summed E-state index contributed by atoms with van der Waals surface area (Å²) in [7, 11) is -2.62. The van der Waals surface area contributed by atoms with E-state index in [0.29, 0.717) is 11.3 Å². The van der Waals surface area contributed by atoms with Crippen molar-refractivity contribution >= 4 is 15.7 Å². The monoisotopic (exact) mass is 281 g/mol. The Hall–Kier alpha value is -1.62. The maximum Gasteiger partial charge on any atom is 0.331 e. The van der Waals surface area contributed by atoms with E-state index < -0.39 is 21.7 Å². The maximum absolute atomic E-state index is 12.6. The minimum Gasteiger partial charge on any atom is -0.464 e. The van der Waals surface area contributed by atoms with E-state index in [0.717, 1.165) is 0 Å². The predicted molar refractivity (Wildman–Crippen MR) is 76.4 cm³/mol. The Morgan fingerprint density at radius 3 is 2.63 bits per heavy atom. The number of benzene rings is 1. The molecule has 2 atom stereocenters. The van der Waals surface area contributed by atoms with Gasteiger partial charge in [0.15, 0.2) is 6.04 Å². The number of carbonyl (C=O) groups is 1. The highest BCUT2D eigenvalue weighted by Gasteiger charge is 2.20. The number of ether oxygens (including phenoxy) is 1. The highest BCUT2D eigenvalue weighted by Crippen LogP contribution is 2.14. The molecule has 0 heterocycles. The zero-order valence-corrected chi connectivity index (χ0v) is 12.1. The topological polar surface area (TPSA) is 55.7 Å². The van der Waals surface area contributed by atoms with Crippen molar-refractivity contribution in [3.63, 3.8) is 0 Å². The van der Waals surface area contributed by atoms with Crippen LogP contribution in [0, 0.1) is 0 Å². The van der Waals surface area contributed by atoms with Crippen molar-refractivity contribution in [1.82, 2.24) is 0 Å². The molecule has 0 amide bonds. The van der Waals surface area contributed by atoms with E-state index in [-0.39, 0.29) is 6.61 Å². The van der Waals surface area contributed by atoms with Crippen molar-refractivity contribution in [2.75, 3.05) is 12.9 Å². The number of hydrogen-bond acceptors (Lipinski definition) is 4. The Kier molecular flexibility index (Phi) is 5.76. The molecule has 104 valence electrons. The van der Waals surface area contributed by atoms with Gasteiger partial charge in [0.1, 0.15) is 0 Å². The first-order valence-electron chi connectivity index (χ1n) is 6.05. The van der Waals surface area contributed by atoms with Gasteiger partial charge >= 0.3 is 5.97 Å². The molecule has 0 spiro atoms. The first-order valence-corrected chi connectivity index (χ1v) is 7.97. The Bertz CT molecular complexity index is 545. The fourth-order valence-electron chi connectivity index (χ4n) is 1.56. The third-order valence-corrected chi connectivity index (χ3v) is 4.26. The van der Waals surface area contributed by atoms with Crippen molar-refractivity contribution in [3.8, 4) is 0 Å². The van der Waals surface area contributed by atoms with Crippen LogP contribution < -0.4 is 0 Å². The van der Waals surface area contributed by atoms with Gasteiger partial charge in [0.25, 0.3) is 0 Å². The predicted octanol–water partition coefficient (Wildman–Crippen LogP) is 2.65. The van der Waals surface area contributed by atoms with Crippen LogP contribution in [-0.2, 0) is 19.3 Å². The van der Waals surface area contributed by atoms with Crippen LogP contribution in [0.1, 0.15) is 13.3 Å². The van der Waals surface area contributed by atoms with Crippen LogP contribution in [0.3, 0.4) is 0 Å². The van der Waals surface area contributed by atoms with Crippen LogP contribution in [0.15, 0.2) is 52.2 Å². The van der Waals surface area contributed by atoms with Crippen LogP contribution in [0.5, 0.6) is 0 Å². The number of hydrogen-bond donors (Lipinski definition) is 0. The normalized spacial score (nSPS) is 15.1. The molecule has 0 saturated carbocycles. The standard InChI is InChI=1S/C14H19NO3S/c1-4-9-13(14(16)18-5-2)15-19(3,17)12-10-7-6-8-11-12/h4,6-8,10-11,13H,1,5,9H2,2-3H3. The zero-order valence-electron chi connectivity index (χ0n) is 11.2. The van der Waals surface area contributed by atoms with Crippen LogP contribution >= 0.6 is 0 Å². The summed E-state index contributed by atoms with van der Waals surface area (Å²) in [6.45, 7) is 5.59. The highest BCUT2D eigenvalue weighted by atomic mass is 32.2. The summed E-state index contributed by atoms with van der Waals surface area (Å²) in [5.74, 6) is -0.465. The average Bonchev–Trinajstić information content (AvgIpc) is 2.39. The average molecular weight is 281 g/mol. The SMILES string of the molecule is C=CCC(N=S(C)(=O)c1ccccc1)C(=O)OCC. The molecule has 1 rings (SSSR count). The second-order valence-electron chi connectivity index (χ2n) is 4.01. The van der Waals surface area contributed by atoms with E-state index in [1.54, 1.807) is 37.3 Å². The molecule has 2 unspecified atom stereocenters. The molecule has 1 aromatic rings. The van der Waals surface area contributed by atoms with Gasteiger partial charge in [-0.3, -0.25) is 0 Å². The first kappa shape index (κ1) is 15.4. The summed E-state index contributed by atoms with van der Waals surface area (Å²) in [5, 5.41) is 0. The molecular weight excluding hydrogens is 262 g/mol. The highest BCUT2D eigenvalue weighted by molar-refractivity contribution is 7.93. The van der Waals surface area contributed by atoms with Crippen LogP contribution in [0.2, 0.25) is 0 Å². The van der Waals surface area contributed by atoms with Crippen LogP contribution in [-0.4, -0.2) is 29.1 Å². The van der Waals surface area contributed by atoms with Crippen molar-refractivity contribution in [2.24, 2.45) is 4.36 Å². The van der Waals surface area contributed by atoms with Gasteiger partial charge in [0.05, 0.1) is 16.3 Å². The molecule has 19 heavy (non-hydrogen) atoms. The van der Waals surface area contributed by atoms with E-state index >= 15 is 0 Å². The van der Waals surface area contributed by atoms with Gasteiger partial charge in [0.2, 0.25) is 0 Å². The maximum atomic E-state index is 12.6. The molecule has 0 N–H and O–H groups in total. The fraction of sp³-hybridized carbons (Fsp3) is 0.357. The lowest BCUT2D eigenvalue weighted by molar-refractivity contribution is -0.144. The van der Waals surface area contributed by atoms with Gasteiger partial charge in [-0.05, 0) is 25.5 Å². The van der Waals surface area contributed by atoms with Crippen LogP contribution in [0.25, 0.3) is 0 Å². The second kappa shape index (κ2) is 7.09. The van der Waals surface area contributed by atoms with E-state index in [1.165, 1.54) is 6.26 Å². The van der Waals surface area contributed by atoms with E-state index in [2.05, 4.69) is 10.9 Å². The number of esters is 1. The van der Waals surface area contributed by atoms with Crippen molar-refractivity contribution < 1.29 is 13.7 Å². The minimum absolute atomic E-state index is 0.276. The summed E-state index contributed by atoms with van der Waals surface area (Å²) in [4.78, 5) is 12.4. The quantitative estimate of drug-likeness (QED) is 0.595. The number of nitrogens with zero attached hydrogens (tertiary/aromatic N) is 1. The van der Waals surface area contributed by atoms with Gasteiger partial charge in [0, 0.05) is 11.2 Å². The van der Waals surface area contributed by atoms with E-state index in [9.17, 15) is 9.00 Å². The molecule has 4 nitrogen and oxygen atoms in total. The van der Waals surface area contributed by atoms with Crippen molar-refractivity contribution in [3.05, 3.63) is 43.0 Å². The van der Waals surface area contributed by atoms with E-state index in [1.807, 2.05) is 6.07 Å². The third-order valence-electron chi connectivity index (χ3n) is 2.46. The smallest absolute Gasteiger partial charge is 0.331 e. The van der Waals surface area contributed by atoms with Crippen molar-refractivity contribution in [2.45, 2.75) is 24.3 Å².